The van der Waals surface area contributed by atoms with Gasteiger partial charge in [-0.3, -0.25) is 9.69 Å². The maximum atomic E-state index is 11.9. The van der Waals surface area contributed by atoms with Crippen LogP contribution in [-0.4, -0.2) is 42.8 Å². The Morgan fingerprint density at radius 2 is 1.85 bits per heavy atom. The summed E-state index contributed by atoms with van der Waals surface area (Å²) in [4.78, 5) is 14.0. The molecule has 0 radical (unpaired) electrons. The number of para-hydroxylation sites is 1. The number of methoxy groups -OCH3 is 2. The van der Waals surface area contributed by atoms with Crippen LogP contribution in [0, 0.1) is 13.8 Å². The fourth-order valence-electron chi connectivity index (χ4n) is 4.21. The molecule has 5 nitrogen and oxygen atoms in total. The first-order valence-corrected chi connectivity index (χ1v) is 9.24. The van der Waals surface area contributed by atoms with Gasteiger partial charge in [-0.05, 0) is 38.3 Å². The number of likely N-dealkylation sites (tertiary alicyclic amines) is 1. The third-order valence-electron chi connectivity index (χ3n) is 5.20. The van der Waals surface area contributed by atoms with Crippen molar-refractivity contribution in [2.45, 2.75) is 38.8 Å². The van der Waals surface area contributed by atoms with Crippen LogP contribution >= 0.6 is 0 Å². The van der Waals surface area contributed by atoms with Gasteiger partial charge in [0.15, 0.2) is 11.5 Å². The molecule has 1 N–H and O–H groups in total. The minimum absolute atomic E-state index is 0.211. The lowest BCUT2D eigenvalue weighted by Gasteiger charge is -2.33. The molecule has 0 spiro atoms. The molecule has 1 saturated heterocycles. The minimum atomic E-state index is -0.774. The number of nitrogens with zero attached hydrogens (tertiary/aromatic N) is 1. The molecule has 144 valence electrons. The van der Waals surface area contributed by atoms with Crippen LogP contribution in [0.1, 0.15) is 41.1 Å². The van der Waals surface area contributed by atoms with E-state index in [9.17, 15) is 9.90 Å². The van der Waals surface area contributed by atoms with E-state index in [0.717, 1.165) is 35.2 Å². The van der Waals surface area contributed by atoms with Crippen molar-refractivity contribution < 1.29 is 19.4 Å². The van der Waals surface area contributed by atoms with Crippen molar-refractivity contribution in [1.29, 1.82) is 0 Å². The van der Waals surface area contributed by atoms with E-state index in [1.807, 2.05) is 18.2 Å². The molecular formula is C22H27NO4. The topological polar surface area (TPSA) is 59.0 Å². The predicted molar refractivity (Wildman–Crippen MR) is 105 cm³/mol. The van der Waals surface area contributed by atoms with Crippen LogP contribution in [0.3, 0.4) is 0 Å². The van der Waals surface area contributed by atoms with Crippen LogP contribution in [-0.2, 0) is 4.79 Å². The van der Waals surface area contributed by atoms with Gasteiger partial charge >= 0.3 is 5.97 Å². The van der Waals surface area contributed by atoms with Gasteiger partial charge in [-0.2, -0.15) is 0 Å². The van der Waals surface area contributed by atoms with Crippen molar-refractivity contribution in [2.24, 2.45) is 0 Å². The fraction of sp³-hybridized carbons (Fsp3) is 0.409. The maximum Gasteiger partial charge on any atom is 0.320 e. The number of benzene rings is 2. The van der Waals surface area contributed by atoms with Crippen LogP contribution in [0.2, 0.25) is 0 Å². The van der Waals surface area contributed by atoms with E-state index in [1.165, 1.54) is 0 Å². The second-order valence-corrected chi connectivity index (χ2v) is 7.14. The van der Waals surface area contributed by atoms with Gasteiger partial charge in [-0.25, -0.2) is 0 Å². The predicted octanol–water partition coefficient (Wildman–Crippen LogP) is 3.96. The number of aliphatic carboxylic acids is 1. The molecule has 0 bridgehead atoms. The SMILES string of the molecule is COc1cccc(C(c2cc(C)cc(C)c2)N2CCCC2C(=O)O)c1OC. The van der Waals surface area contributed by atoms with Gasteiger partial charge < -0.3 is 14.6 Å². The lowest BCUT2D eigenvalue weighted by atomic mass is 9.92. The first kappa shape index (κ1) is 19.2. The summed E-state index contributed by atoms with van der Waals surface area (Å²) < 4.78 is 11.2. The monoisotopic (exact) mass is 369 g/mol. The third kappa shape index (κ3) is 3.78. The van der Waals surface area contributed by atoms with Crippen molar-refractivity contribution in [3.8, 4) is 11.5 Å². The van der Waals surface area contributed by atoms with Gasteiger partial charge in [-0.1, -0.05) is 41.5 Å². The Balaban J connectivity index is 2.21. The van der Waals surface area contributed by atoms with Crippen LogP contribution in [0.15, 0.2) is 36.4 Å². The van der Waals surface area contributed by atoms with Gasteiger partial charge in [0.05, 0.1) is 20.3 Å². The summed E-state index contributed by atoms with van der Waals surface area (Å²) in [7, 11) is 3.24. The van der Waals surface area contributed by atoms with Crippen LogP contribution in [0.4, 0.5) is 0 Å². The molecular weight excluding hydrogens is 342 g/mol. The average molecular weight is 369 g/mol. The molecule has 1 heterocycles. The van der Waals surface area contributed by atoms with Crippen molar-refractivity contribution in [2.75, 3.05) is 20.8 Å². The van der Waals surface area contributed by atoms with E-state index in [4.69, 9.17) is 9.47 Å². The zero-order valence-electron chi connectivity index (χ0n) is 16.4. The Hall–Kier alpha value is -2.53. The number of rotatable bonds is 6. The lowest BCUT2D eigenvalue weighted by molar-refractivity contribution is -0.142. The highest BCUT2D eigenvalue weighted by atomic mass is 16.5. The van der Waals surface area contributed by atoms with Crippen molar-refractivity contribution in [1.82, 2.24) is 4.90 Å². The van der Waals surface area contributed by atoms with E-state index in [-0.39, 0.29) is 6.04 Å². The van der Waals surface area contributed by atoms with E-state index in [1.54, 1.807) is 14.2 Å². The molecule has 0 aromatic heterocycles. The third-order valence-corrected chi connectivity index (χ3v) is 5.20. The van der Waals surface area contributed by atoms with Crippen molar-refractivity contribution in [3.05, 3.63) is 58.7 Å². The Morgan fingerprint density at radius 3 is 2.44 bits per heavy atom. The van der Waals surface area contributed by atoms with Crippen molar-refractivity contribution >= 4 is 5.97 Å². The summed E-state index contributed by atoms with van der Waals surface area (Å²) in [6.07, 6.45) is 1.52. The summed E-state index contributed by atoms with van der Waals surface area (Å²) in [5, 5.41) is 9.77. The van der Waals surface area contributed by atoms with E-state index in [0.29, 0.717) is 17.9 Å². The van der Waals surface area contributed by atoms with Gasteiger partial charge in [0, 0.05) is 12.1 Å². The molecule has 1 aliphatic heterocycles. The van der Waals surface area contributed by atoms with Gasteiger partial charge in [0.25, 0.3) is 0 Å². The Labute approximate surface area is 160 Å². The van der Waals surface area contributed by atoms with Gasteiger partial charge in [0.2, 0.25) is 0 Å². The lowest BCUT2D eigenvalue weighted by Crippen LogP contribution is -2.39. The molecule has 5 heteroatoms. The standard InChI is InChI=1S/C22H27NO4/c1-14-11-15(2)13-16(12-14)20(23-10-6-8-18(23)22(24)25)17-7-5-9-19(26-3)21(17)27-4/h5,7,9,11-13,18,20H,6,8,10H2,1-4H3,(H,24,25). The largest absolute Gasteiger partial charge is 0.493 e. The Bertz CT molecular complexity index is 813. The summed E-state index contributed by atoms with van der Waals surface area (Å²) >= 11 is 0. The first-order chi connectivity index (χ1) is 13.0. The normalized spacial score (nSPS) is 18.3. The average Bonchev–Trinajstić information content (AvgIpc) is 3.10. The molecule has 0 amide bonds. The Morgan fingerprint density at radius 1 is 1.15 bits per heavy atom. The highest BCUT2D eigenvalue weighted by Crippen LogP contribution is 2.43. The molecule has 2 unspecified atom stereocenters. The summed E-state index contributed by atoms with van der Waals surface area (Å²) in [5.41, 5.74) is 4.31. The Kier molecular flexibility index (Phi) is 5.71. The second kappa shape index (κ2) is 8.01. The summed E-state index contributed by atoms with van der Waals surface area (Å²) in [6.45, 7) is 4.86. The molecule has 2 aromatic carbocycles. The van der Waals surface area contributed by atoms with E-state index < -0.39 is 12.0 Å². The molecule has 0 aliphatic carbocycles. The number of hydrogen-bond acceptors (Lipinski definition) is 4. The van der Waals surface area contributed by atoms with Crippen LogP contribution in [0.25, 0.3) is 0 Å². The fourth-order valence-corrected chi connectivity index (χ4v) is 4.21. The van der Waals surface area contributed by atoms with Crippen LogP contribution < -0.4 is 9.47 Å². The zero-order valence-corrected chi connectivity index (χ0v) is 16.4. The molecule has 0 saturated carbocycles. The van der Waals surface area contributed by atoms with Gasteiger partial charge in [-0.15, -0.1) is 0 Å². The first-order valence-electron chi connectivity index (χ1n) is 9.24. The highest BCUT2D eigenvalue weighted by Gasteiger charge is 2.38. The molecule has 3 rings (SSSR count). The summed E-state index contributed by atoms with van der Waals surface area (Å²) in [5.74, 6) is 0.527. The highest BCUT2D eigenvalue weighted by molar-refractivity contribution is 5.74. The second-order valence-electron chi connectivity index (χ2n) is 7.14. The molecule has 1 fully saturated rings. The molecule has 2 aromatic rings. The quantitative estimate of drug-likeness (QED) is 0.835. The number of carbonyl (C=O) groups is 1. The summed E-state index contributed by atoms with van der Waals surface area (Å²) in [6, 6.07) is 11.5. The number of ether oxygens (including phenoxy) is 2. The van der Waals surface area contributed by atoms with E-state index in [2.05, 4.69) is 36.9 Å². The molecule has 2 atom stereocenters. The maximum absolute atomic E-state index is 11.9. The minimum Gasteiger partial charge on any atom is -0.493 e. The number of carboxylic acids is 1. The molecule has 27 heavy (non-hydrogen) atoms. The van der Waals surface area contributed by atoms with Crippen LogP contribution in [0.5, 0.6) is 11.5 Å². The molecule has 1 aliphatic rings. The number of hydrogen-bond donors (Lipinski definition) is 1. The van der Waals surface area contributed by atoms with E-state index >= 15 is 0 Å². The zero-order chi connectivity index (χ0) is 19.6. The number of aryl methyl sites for hydroxylation is 2. The smallest absolute Gasteiger partial charge is 0.320 e. The number of carboxylic acid groups (broad SMARTS) is 1. The van der Waals surface area contributed by atoms with Crippen molar-refractivity contribution in [3.63, 3.8) is 0 Å². The van der Waals surface area contributed by atoms with Gasteiger partial charge in [0.1, 0.15) is 6.04 Å².